The van der Waals surface area contributed by atoms with Crippen LogP contribution in [0.2, 0.25) is 0 Å². The zero-order chi connectivity index (χ0) is 15.3. The second-order valence-corrected chi connectivity index (χ2v) is 5.83. The number of hydrogen-bond donors (Lipinski definition) is 1. The van der Waals surface area contributed by atoms with Crippen LogP contribution in [0.5, 0.6) is 0 Å². The zero-order valence-corrected chi connectivity index (χ0v) is 12.7. The molecule has 1 atom stereocenters. The molecule has 5 nitrogen and oxygen atoms in total. The first-order valence-corrected chi connectivity index (χ1v) is 7.55. The molecule has 1 aromatic carbocycles. The van der Waals surface area contributed by atoms with Gasteiger partial charge in [-0.25, -0.2) is 0 Å². The summed E-state index contributed by atoms with van der Waals surface area (Å²) in [5.41, 5.74) is 4.28. The van der Waals surface area contributed by atoms with Crippen LogP contribution in [0.4, 0.5) is 0 Å². The number of H-pyrrole nitrogens is 1. The molecule has 0 bridgehead atoms. The molecule has 1 unspecified atom stereocenters. The van der Waals surface area contributed by atoms with Crippen LogP contribution in [-0.2, 0) is 13.5 Å². The van der Waals surface area contributed by atoms with Crippen molar-refractivity contribution in [1.82, 2.24) is 19.7 Å². The maximum absolute atomic E-state index is 12.8. The van der Waals surface area contributed by atoms with Gasteiger partial charge < -0.3 is 9.88 Å². The molecule has 0 saturated heterocycles. The fourth-order valence-electron chi connectivity index (χ4n) is 3.44. The standard InChI is InChI=1S/C17H18N4O/c1-11-16-13(12-5-3-4-6-14(12)19-16)8-10-21(11)17(22)15-7-9-18-20(15)2/h3-7,9,11,19H,8,10H2,1-2H3. The predicted octanol–water partition coefficient (Wildman–Crippen LogP) is 2.66. The highest BCUT2D eigenvalue weighted by molar-refractivity contribution is 5.93. The Morgan fingerprint density at radius 2 is 2.14 bits per heavy atom. The number of aromatic amines is 1. The topological polar surface area (TPSA) is 53.9 Å². The Labute approximate surface area is 128 Å². The molecule has 0 fully saturated rings. The Kier molecular flexibility index (Phi) is 2.82. The third kappa shape index (κ3) is 1.78. The SMILES string of the molecule is CC1c2[nH]c3ccccc3c2CCN1C(=O)c1ccnn1C. The zero-order valence-electron chi connectivity index (χ0n) is 12.7. The molecule has 1 aliphatic rings. The van der Waals surface area contributed by atoms with E-state index >= 15 is 0 Å². The van der Waals surface area contributed by atoms with E-state index in [0.717, 1.165) is 24.2 Å². The molecule has 0 radical (unpaired) electrons. The van der Waals surface area contributed by atoms with Crippen molar-refractivity contribution in [2.75, 3.05) is 6.54 Å². The predicted molar refractivity (Wildman–Crippen MR) is 84.7 cm³/mol. The maximum Gasteiger partial charge on any atom is 0.272 e. The highest BCUT2D eigenvalue weighted by Crippen LogP contribution is 2.34. The first-order chi connectivity index (χ1) is 10.7. The summed E-state index contributed by atoms with van der Waals surface area (Å²) in [6.07, 6.45) is 2.55. The summed E-state index contributed by atoms with van der Waals surface area (Å²) in [5, 5.41) is 5.37. The number of carbonyl (C=O) groups excluding carboxylic acids is 1. The van der Waals surface area contributed by atoms with Crippen LogP contribution < -0.4 is 0 Å². The highest BCUT2D eigenvalue weighted by Gasteiger charge is 2.31. The van der Waals surface area contributed by atoms with Crippen LogP contribution in [0.15, 0.2) is 36.5 Å². The van der Waals surface area contributed by atoms with Crippen molar-refractivity contribution < 1.29 is 4.79 Å². The molecule has 0 spiro atoms. The first kappa shape index (κ1) is 13.1. The molecule has 3 aromatic rings. The molecule has 1 N–H and O–H groups in total. The van der Waals surface area contributed by atoms with Crippen LogP contribution in [0.1, 0.15) is 34.7 Å². The Morgan fingerprint density at radius 1 is 1.32 bits per heavy atom. The van der Waals surface area contributed by atoms with Crippen LogP contribution in [0, 0.1) is 0 Å². The van der Waals surface area contributed by atoms with Crippen LogP contribution in [0.25, 0.3) is 10.9 Å². The lowest BCUT2D eigenvalue weighted by atomic mass is 9.98. The molecular weight excluding hydrogens is 276 g/mol. The Hall–Kier alpha value is -2.56. The summed E-state index contributed by atoms with van der Waals surface area (Å²) in [7, 11) is 1.80. The van der Waals surface area contributed by atoms with E-state index in [9.17, 15) is 4.79 Å². The van der Waals surface area contributed by atoms with Gasteiger partial charge in [0.1, 0.15) is 5.69 Å². The molecule has 1 amide bonds. The first-order valence-electron chi connectivity index (χ1n) is 7.55. The monoisotopic (exact) mass is 294 g/mol. The van der Waals surface area contributed by atoms with Crippen molar-refractivity contribution in [1.29, 1.82) is 0 Å². The van der Waals surface area contributed by atoms with Crippen molar-refractivity contribution in [3.8, 4) is 0 Å². The van der Waals surface area contributed by atoms with Crippen LogP contribution in [0.3, 0.4) is 0 Å². The number of aromatic nitrogens is 3. The second kappa shape index (κ2) is 4.73. The minimum Gasteiger partial charge on any atom is -0.356 e. The van der Waals surface area contributed by atoms with Gasteiger partial charge >= 0.3 is 0 Å². The van der Waals surface area contributed by atoms with Gasteiger partial charge in [0, 0.05) is 36.4 Å². The lowest BCUT2D eigenvalue weighted by Crippen LogP contribution is -2.39. The summed E-state index contributed by atoms with van der Waals surface area (Å²) < 4.78 is 1.63. The minimum absolute atomic E-state index is 0.0387. The van der Waals surface area contributed by atoms with Crippen molar-refractivity contribution >= 4 is 16.8 Å². The molecule has 22 heavy (non-hydrogen) atoms. The van der Waals surface area contributed by atoms with Crippen LogP contribution >= 0.6 is 0 Å². The molecule has 0 aliphatic carbocycles. The van der Waals surface area contributed by atoms with E-state index in [2.05, 4.69) is 35.2 Å². The third-order valence-corrected chi connectivity index (χ3v) is 4.64. The van der Waals surface area contributed by atoms with Crippen molar-refractivity contribution in [3.05, 3.63) is 53.5 Å². The number of nitrogens with one attached hydrogen (secondary N) is 1. The molecule has 5 heteroatoms. The van der Waals surface area contributed by atoms with Gasteiger partial charge in [0.15, 0.2) is 0 Å². The molecule has 2 aromatic heterocycles. The lowest BCUT2D eigenvalue weighted by molar-refractivity contribution is 0.0663. The summed E-state index contributed by atoms with van der Waals surface area (Å²) in [6.45, 7) is 2.82. The normalized spacial score (nSPS) is 17.7. The largest absolute Gasteiger partial charge is 0.356 e. The quantitative estimate of drug-likeness (QED) is 0.750. The van der Waals surface area contributed by atoms with E-state index in [0.29, 0.717) is 5.69 Å². The van der Waals surface area contributed by atoms with Gasteiger partial charge in [-0.05, 0) is 31.0 Å². The van der Waals surface area contributed by atoms with Gasteiger partial charge in [0.05, 0.1) is 6.04 Å². The van der Waals surface area contributed by atoms with E-state index in [4.69, 9.17) is 0 Å². The van der Waals surface area contributed by atoms with Gasteiger partial charge in [-0.3, -0.25) is 9.48 Å². The number of nitrogens with zero attached hydrogens (tertiary/aromatic N) is 3. The Balaban J connectivity index is 1.74. The fourth-order valence-corrected chi connectivity index (χ4v) is 3.44. The van der Waals surface area contributed by atoms with E-state index in [1.807, 2.05) is 11.0 Å². The average Bonchev–Trinajstić information content (AvgIpc) is 3.11. The number of benzene rings is 1. The van der Waals surface area contributed by atoms with Gasteiger partial charge in [-0.2, -0.15) is 5.10 Å². The maximum atomic E-state index is 12.8. The van der Waals surface area contributed by atoms with Crippen LogP contribution in [-0.4, -0.2) is 32.1 Å². The Bertz CT molecular complexity index is 861. The number of rotatable bonds is 1. The number of para-hydroxylation sites is 1. The molecule has 112 valence electrons. The molecule has 0 saturated carbocycles. The summed E-state index contributed by atoms with van der Waals surface area (Å²) in [6, 6.07) is 10.2. The average molecular weight is 294 g/mol. The molecule has 4 rings (SSSR count). The molecular formula is C17H18N4O. The Morgan fingerprint density at radius 3 is 2.91 bits per heavy atom. The number of carbonyl (C=O) groups is 1. The number of fused-ring (bicyclic) bond motifs is 3. The van der Waals surface area contributed by atoms with E-state index < -0.39 is 0 Å². The van der Waals surface area contributed by atoms with Gasteiger partial charge in [0.2, 0.25) is 0 Å². The second-order valence-electron chi connectivity index (χ2n) is 5.83. The van der Waals surface area contributed by atoms with E-state index in [1.165, 1.54) is 10.9 Å². The highest BCUT2D eigenvalue weighted by atomic mass is 16.2. The number of hydrogen-bond acceptors (Lipinski definition) is 2. The summed E-state index contributed by atoms with van der Waals surface area (Å²) >= 11 is 0. The van der Waals surface area contributed by atoms with E-state index in [-0.39, 0.29) is 11.9 Å². The van der Waals surface area contributed by atoms with Gasteiger partial charge in [-0.15, -0.1) is 0 Å². The lowest BCUT2D eigenvalue weighted by Gasteiger charge is -2.33. The summed E-state index contributed by atoms with van der Waals surface area (Å²) in [5.74, 6) is 0.0387. The van der Waals surface area contributed by atoms with Gasteiger partial charge in [0.25, 0.3) is 5.91 Å². The van der Waals surface area contributed by atoms with E-state index in [1.54, 1.807) is 24.0 Å². The summed E-state index contributed by atoms with van der Waals surface area (Å²) in [4.78, 5) is 18.2. The number of amides is 1. The molecule has 3 heterocycles. The minimum atomic E-state index is 0.0387. The van der Waals surface area contributed by atoms with Crippen molar-refractivity contribution in [2.24, 2.45) is 7.05 Å². The smallest absolute Gasteiger partial charge is 0.272 e. The van der Waals surface area contributed by atoms with Crippen molar-refractivity contribution in [2.45, 2.75) is 19.4 Å². The van der Waals surface area contributed by atoms with Gasteiger partial charge in [-0.1, -0.05) is 18.2 Å². The number of aryl methyl sites for hydroxylation is 1. The fraction of sp³-hybridized carbons (Fsp3) is 0.294. The van der Waals surface area contributed by atoms with Crippen molar-refractivity contribution in [3.63, 3.8) is 0 Å². The third-order valence-electron chi connectivity index (χ3n) is 4.64. The molecule has 1 aliphatic heterocycles.